The van der Waals surface area contributed by atoms with Crippen LogP contribution in [0.5, 0.6) is 0 Å². The first-order chi connectivity index (χ1) is 15.5. The molecule has 4 heterocycles. The highest BCUT2D eigenvalue weighted by Gasteiger charge is 2.35. The number of carbonyl (C=O) groups is 2. The average molecular weight is 431 g/mol. The summed E-state index contributed by atoms with van der Waals surface area (Å²) in [6, 6.07) is 9.74. The number of rotatable bonds is 4. The molecule has 1 saturated heterocycles. The topological polar surface area (TPSA) is 84.2 Å². The molecule has 164 valence electrons. The number of hydrogen-bond donors (Lipinski definition) is 0. The minimum atomic E-state index is -0.206. The Labute approximate surface area is 186 Å². The fourth-order valence-corrected chi connectivity index (χ4v) is 4.66. The van der Waals surface area contributed by atoms with Crippen LogP contribution in [-0.4, -0.2) is 43.0 Å². The van der Waals surface area contributed by atoms with E-state index in [1.807, 2.05) is 42.2 Å². The van der Waals surface area contributed by atoms with Crippen molar-refractivity contribution in [2.45, 2.75) is 45.2 Å². The summed E-state index contributed by atoms with van der Waals surface area (Å²) in [6.07, 6.45) is 6.13. The van der Waals surface area contributed by atoms with E-state index in [1.54, 1.807) is 29.0 Å². The van der Waals surface area contributed by atoms with Crippen molar-refractivity contribution in [1.82, 2.24) is 24.6 Å². The molecule has 8 nitrogen and oxygen atoms in total. The molecule has 1 atom stereocenters. The van der Waals surface area contributed by atoms with E-state index in [2.05, 4.69) is 5.10 Å². The van der Waals surface area contributed by atoms with E-state index in [4.69, 9.17) is 9.97 Å². The van der Waals surface area contributed by atoms with Gasteiger partial charge in [-0.25, -0.2) is 9.97 Å². The number of nitrogens with zero attached hydrogens (tertiary/aromatic N) is 6. The molecule has 0 bridgehead atoms. The molecule has 2 aromatic heterocycles. The third kappa shape index (κ3) is 3.66. The Morgan fingerprint density at radius 2 is 1.97 bits per heavy atom. The van der Waals surface area contributed by atoms with E-state index in [0.717, 1.165) is 29.7 Å². The largest absolute Gasteiger partial charge is 0.328 e. The molecule has 0 saturated carbocycles. The molecule has 5 rings (SSSR count). The van der Waals surface area contributed by atoms with E-state index in [1.165, 1.54) is 0 Å². The molecule has 8 heteroatoms. The lowest BCUT2D eigenvalue weighted by Crippen LogP contribution is -2.37. The predicted octanol–water partition coefficient (Wildman–Crippen LogP) is 2.98. The number of likely N-dealkylation sites (tertiary alicyclic amines) is 1. The van der Waals surface area contributed by atoms with Crippen molar-refractivity contribution in [1.29, 1.82) is 0 Å². The number of benzene rings is 1. The average Bonchev–Trinajstić information content (AvgIpc) is 3.45. The first-order valence-corrected chi connectivity index (χ1v) is 11.0. The molecule has 2 amide bonds. The Kier molecular flexibility index (Phi) is 5.20. The number of anilines is 1. The van der Waals surface area contributed by atoms with Crippen LogP contribution >= 0.6 is 0 Å². The van der Waals surface area contributed by atoms with Gasteiger partial charge in [0.05, 0.1) is 24.3 Å². The Balaban J connectivity index is 1.50. The van der Waals surface area contributed by atoms with Crippen molar-refractivity contribution in [2.75, 3.05) is 11.4 Å². The lowest BCUT2D eigenvalue weighted by atomic mass is 10.0. The first-order valence-electron chi connectivity index (χ1n) is 11.0. The Bertz CT molecular complexity index is 1170. The van der Waals surface area contributed by atoms with E-state index < -0.39 is 0 Å². The Hall–Kier alpha value is -3.55. The molecule has 0 N–H and O–H groups in total. The Morgan fingerprint density at radius 1 is 1.16 bits per heavy atom. The molecule has 0 radical (unpaired) electrons. The molecule has 1 unspecified atom stereocenters. The van der Waals surface area contributed by atoms with Gasteiger partial charge in [0.15, 0.2) is 5.82 Å². The number of hydrogen-bond acceptors (Lipinski definition) is 5. The molecule has 0 aliphatic carbocycles. The highest BCUT2D eigenvalue weighted by molar-refractivity contribution is 5.95. The molecule has 0 spiro atoms. The van der Waals surface area contributed by atoms with Crippen molar-refractivity contribution in [3.05, 3.63) is 70.9 Å². The van der Waals surface area contributed by atoms with Crippen molar-refractivity contribution < 1.29 is 9.59 Å². The predicted molar refractivity (Wildman–Crippen MR) is 119 cm³/mol. The maximum absolute atomic E-state index is 13.1. The van der Waals surface area contributed by atoms with E-state index in [0.29, 0.717) is 43.1 Å². The van der Waals surface area contributed by atoms with Gasteiger partial charge >= 0.3 is 0 Å². The fraction of sp³-hybridized carbons (Fsp3) is 0.375. The summed E-state index contributed by atoms with van der Waals surface area (Å²) >= 11 is 0. The maximum atomic E-state index is 13.1. The van der Waals surface area contributed by atoms with E-state index >= 15 is 0 Å². The standard InChI is InChI=1S/C24H26N6O2/c1-16-19-10-11-21(31)30(14-17-7-4-3-5-8-17)23(19)27-22(26-16)20-9-6-12-29(20)24(32)18-13-25-28(2)15-18/h3-5,7-8,13,15,20H,6,9-12,14H2,1-2H3. The van der Waals surface area contributed by atoms with E-state index in [-0.39, 0.29) is 17.9 Å². The molecule has 1 aromatic carbocycles. The summed E-state index contributed by atoms with van der Waals surface area (Å²) in [7, 11) is 1.80. The number of amides is 2. The minimum Gasteiger partial charge on any atom is -0.328 e. The smallest absolute Gasteiger partial charge is 0.257 e. The van der Waals surface area contributed by atoms with Crippen LogP contribution in [0.15, 0.2) is 42.7 Å². The van der Waals surface area contributed by atoms with Crippen LogP contribution in [0.25, 0.3) is 0 Å². The van der Waals surface area contributed by atoms with Crippen LogP contribution in [-0.2, 0) is 24.8 Å². The van der Waals surface area contributed by atoms with Crippen LogP contribution < -0.4 is 4.90 Å². The normalized spacial score (nSPS) is 18.2. The zero-order valence-corrected chi connectivity index (χ0v) is 18.4. The van der Waals surface area contributed by atoms with Crippen LogP contribution in [0.2, 0.25) is 0 Å². The maximum Gasteiger partial charge on any atom is 0.257 e. The quantitative estimate of drug-likeness (QED) is 0.635. The molecule has 2 aliphatic rings. The van der Waals surface area contributed by atoms with Crippen LogP contribution in [0.1, 0.15) is 58.3 Å². The second kappa shape index (κ2) is 8.18. The number of aromatic nitrogens is 4. The molecule has 1 fully saturated rings. The zero-order valence-electron chi connectivity index (χ0n) is 18.4. The van der Waals surface area contributed by atoms with Gasteiger partial charge in [0, 0.05) is 37.5 Å². The van der Waals surface area contributed by atoms with Gasteiger partial charge < -0.3 is 4.90 Å². The zero-order chi connectivity index (χ0) is 22.2. The van der Waals surface area contributed by atoms with Crippen molar-refractivity contribution in [3.8, 4) is 0 Å². The third-order valence-electron chi connectivity index (χ3n) is 6.30. The molecule has 3 aromatic rings. The van der Waals surface area contributed by atoms with Gasteiger partial charge in [-0.15, -0.1) is 0 Å². The molecule has 2 aliphatic heterocycles. The van der Waals surface area contributed by atoms with Crippen LogP contribution in [0.3, 0.4) is 0 Å². The van der Waals surface area contributed by atoms with Crippen molar-refractivity contribution in [3.63, 3.8) is 0 Å². The summed E-state index contributed by atoms with van der Waals surface area (Å²) in [5.74, 6) is 1.31. The Morgan fingerprint density at radius 3 is 2.72 bits per heavy atom. The van der Waals surface area contributed by atoms with Gasteiger partial charge in [-0.05, 0) is 31.7 Å². The van der Waals surface area contributed by atoms with Gasteiger partial charge in [-0.2, -0.15) is 5.10 Å². The monoisotopic (exact) mass is 430 g/mol. The summed E-state index contributed by atoms with van der Waals surface area (Å²) in [6.45, 7) is 3.11. The summed E-state index contributed by atoms with van der Waals surface area (Å²) in [5.41, 5.74) is 3.53. The van der Waals surface area contributed by atoms with Crippen molar-refractivity contribution >= 4 is 17.6 Å². The van der Waals surface area contributed by atoms with Gasteiger partial charge in [-0.3, -0.25) is 19.2 Å². The first kappa shape index (κ1) is 20.4. The van der Waals surface area contributed by atoms with Gasteiger partial charge in [0.25, 0.3) is 5.91 Å². The number of fused-ring (bicyclic) bond motifs is 1. The van der Waals surface area contributed by atoms with Gasteiger partial charge in [-0.1, -0.05) is 30.3 Å². The second-order valence-electron chi connectivity index (χ2n) is 8.49. The van der Waals surface area contributed by atoms with Crippen LogP contribution in [0.4, 0.5) is 5.82 Å². The number of carbonyl (C=O) groups excluding carboxylic acids is 2. The third-order valence-corrected chi connectivity index (χ3v) is 6.30. The molecule has 32 heavy (non-hydrogen) atoms. The minimum absolute atomic E-state index is 0.0585. The summed E-state index contributed by atoms with van der Waals surface area (Å²) in [4.78, 5) is 39.3. The highest BCUT2D eigenvalue weighted by atomic mass is 16.2. The summed E-state index contributed by atoms with van der Waals surface area (Å²) < 4.78 is 1.63. The second-order valence-corrected chi connectivity index (χ2v) is 8.49. The molecular weight excluding hydrogens is 404 g/mol. The summed E-state index contributed by atoms with van der Waals surface area (Å²) in [5, 5.41) is 4.13. The lowest BCUT2D eigenvalue weighted by Gasteiger charge is -2.31. The lowest BCUT2D eigenvalue weighted by molar-refractivity contribution is -0.119. The number of aryl methyl sites for hydroxylation is 2. The van der Waals surface area contributed by atoms with Gasteiger partial charge in [0.2, 0.25) is 5.91 Å². The highest BCUT2D eigenvalue weighted by Crippen LogP contribution is 2.35. The van der Waals surface area contributed by atoms with Crippen LogP contribution in [0, 0.1) is 6.92 Å². The van der Waals surface area contributed by atoms with Gasteiger partial charge in [0.1, 0.15) is 5.82 Å². The van der Waals surface area contributed by atoms with Crippen molar-refractivity contribution in [2.24, 2.45) is 7.05 Å². The molecular formula is C24H26N6O2. The van der Waals surface area contributed by atoms with E-state index in [9.17, 15) is 9.59 Å². The fourth-order valence-electron chi connectivity index (χ4n) is 4.66. The SMILES string of the molecule is Cc1nc(C2CCCN2C(=O)c2cnn(C)c2)nc2c1CCC(=O)N2Cc1ccccc1.